The molecule has 0 aliphatic heterocycles. The summed E-state index contributed by atoms with van der Waals surface area (Å²) in [6.07, 6.45) is 1.23. The van der Waals surface area contributed by atoms with E-state index < -0.39 is 0 Å². The highest BCUT2D eigenvalue weighted by atomic mass is 33.1. The first-order valence-corrected chi connectivity index (χ1v) is 11.4. The van der Waals surface area contributed by atoms with Gasteiger partial charge in [0.15, 0.2) is 0 Å². The Morgan fingerprint density at radius 3 is 2.60 bits per heavy atom. The lowest BCUT2D eigenvalue weighted by atomic mass is 10.2. The number of rotatable bonds is 15. The first kappa shape index (κ1) is 24.6. The number of amides is 1. The van der Waals surface area contributed by atoms with Gasteiger partial charge in [-0.25, -0.2) is 0 Å². The van der Waals surface area contributed by atoms with E-state index in [1.807, 2.05) is 13.8 Å². The predicted octanol–water partition coefficient (Wildman–Crippen LogP) is 2.91. The summed E-state index contributed by atoms with van der Waals surface area (Å²) in [7, 11) is 3.52. The summed E-state index contributed by atoms with van der Waals surface area (Å²) in [4.78, 5) is 11.6. The average Bonchev–Trinajstić information content (AvgIpc) is 2.55. The van der Waals surface area contributed by atoms with Crippen molar-refractivity contribution in [1.82, 2.24) is 10.6 Å². The Bertz CT molecular complexity index is 382. The monoisotopic (exact) mass is 390 g/mol. The molecule has 0 aliphatic rings. The minimum Gasteiger partial charge on any atom is -0.370 e. The van der Waals surface area contributed by atoms with Crippen molar-refractivity contribution in [1.29, 1.82) is 0 Å². The smallest absolute Gasteiger partial charge is 0.220 e. The molecule has 1 amide bonds. The lowest BCUT2D eigenvalue weighted by Crippen LogP contribution is -2.27. The van der Waals surface area contributed by atoms with Crippen molar-refractivity contribution >= 4 is 27.5 Å². The van der Waals surface area contributed by atoms with Crippen LogP contribution in [0.1, 0.15) is 40.5 Å². The lowest BCUT2D eigenvalue weighted by molar-refractivity contribution is -0.121. The van der Waals surface area contributed by atoms with Gasteiger partial charge in [-0.1, -0.05) is 61.1 Å². The summed E-state index contributed by atoms with van der Waals surface area (Å²) in [5.74, 6) is 8.11. The van der Waals surface area contributed by atoms with E-state index in [1.54, 1.807) is 21.6 Å². The van der Waals surface area contributed by atoms with Crippen molar-refractivity contribution in [2.24, 2.45) is 5.92 Å². The average molecular weight is 391 g/mol. The largest absolute Gasteiger partial charge is 0.370 e. The number of nitrogens with one attached hydrogen (secondary N) is 2. The molecule has 25 heavy (non-hydrogen) atoms. The van der Waals surface area contributed by atoms with Crippen molar-refractivity contribution in [3.63, 3.8) is 0 Å². The lowest BCUT2D eigenvalue weighted by Gasteiger charge is -2.07. The Kier molecular flexibility index (Phi) is 18.1. The normalized spacial score (nSPS) is 10.8. The highest BCUT2D eigenvalue weighted by Crippen LogP contribution is 2.20. The minimum absolute atomic E-state index is 0.0438. The second-order valence-corrected chi connectivity index (χ2v) is 8.59. The van der Waals surface area contributed by atoms with E-state index in [-0.39, 0.29) is 5.91 Å². The van der Waals surface area contributed by atoms with Gasteiger partial charge in [0.25, 0.3) is 0 Å². The summed E-state index contributed by atoms with van der Waals surface area (Å²) in [6.45, 7) is 11.5. The van der Waals surface area contributed by atoms with Crippen molar-refractivity contribution in [2.75, 3.05) is 44.6 Å². The highest BCUT2D eigenvalue weighted by Gasteiger charge is 2.00. The van der Waals surface area contributed by atoms with Crippen LogP contribution in [0.25, 0.3) is 0 Å². The molecule has 0 heterocycles. The van der Waals surface area contributed by atoms with Gasteiger partial charge < -0.3 is 20.1 Å². The third kappa shape index (κ3) is 21.6. The van der Waals surface area contributed by atoms with Crippen LogP contribution in [0.15, 0.2) is 0 Å². The van der Waals surface area contributed by atoms with Crippen molar-refractivity contribution in [3.05, 3.63) is 0 Å². The molecule has 2 N–H and O–H groups in total. The summed E-state index contributed by atoms with van der Waals surface area (Å²) < 4.78 is 10.8. The maximum Gasteiger partial charge on any atom is 0.220 e. The maximum absolute atomic E-state index is 11.6. The first-order valence-electron chi connectivity index (χ1n) is 8.90. The first-order chi connectivity index (χ1) is 12.0. The molecule has 7 heteroatoms. The fraction of sp³-hybridized carbons (Fsp3) is 0.833. The minimum atomic E-state index is 0.0438. The Labute approximate surface area is 161 Å². The summed E-state index contributed by atoms with van der Waals surface area (Å²) in [5, 5.41) is 6.20. The van der Waals surface area contributed by atoms with Gasteiger partial charge >= 0.3 is 0 Å². The topological polar surface area (TPSA) is 59.6 Å². The number of carbonyl (C=O) groups excluding carboxylic acids is 1. The summed E-state index contributed by atoms with van der Waals surface area (Å²) >= 11 is 0. The van der Waals surface area contributed by atoms with Gasteiger partial charge in [0.05, 0.1) is 6.61 Å². The van der Waals surface area contributed by atoms with E-state index in [0.29, 0.717) is 50.7 Å². The molecule has 0 aromatic heterocycles. The van der Waals surface area contributed by atoms with Crippen LogP contribution in [0.2, 0.25) is 0 Å². The van der Waals surface area contributed by atoms with E-state index in [1.165, 1.54) is 0 Å². The van der Waals surface area contributed by atoms with Gasteiger partial charge in [-0.15, -0.1) is 0 Å². The van der Waals surface area contributed by atoms with Gasteiger partial charge in [0, 0.05) is 43.8 Å². The molecular weight excluding hydrogens is 356 g/mol. The Hall–Kier alpha value is -0.390. The molecule has 5 nitrogen and oxygen atoms in total. The molecule has 0 saturated carbocycles. The zero-order valence-corrected chi connectivity index (χ0v) is 17.7. The van der Waals surface area contributed by atoms with Crippen LogP contribution in [0.3, 0.4) is 0 Å². The van der Waals surface area contributed by atoms with Crippen LogP contribution < -0.4 is 10.6 Å². The summed E-state index contributed by atoms with van der Waals surface area (Å²) in [6, 6.07) is 0.540. The van der Waals surface area contributed by atoms with Crippen molar-refractivity contribution < 1.29 is 14.3 Å². The van der Waals surface area contributed by atoms with E-state index in [4.69, 9.17) is 9.47 Å². The molecule has 0 saturated heterocycles. The number of hydrogen-bond donors (Lipinski definition) is 2. The number of hydrogen-bond acceptors (Lipinski definition) is 6. The van der Waals surface area contributed by atoms with Gasteiger partial charge in [0.2, 0.25) is 5.91 Å². The van der Waals surface area contributed by atoms with Crippen LogP contribution in [-0.4, -0.2) is 56.6 Å². The summed E-state index contributed by atoms with van der Waals surface area (Å²) in [5.41, 5.74) is 0. The molecule has 0 aromatic rings. The van der Waals surface area contributed by atoms with Crippen LogP contribution in [0.5, 0.6) is 0 Å². The second kappa shape index (κ2) is 18.4. The zero-order chi connectivity index (χ0) is 18.8. The van der Waals surface area contributed by atoms with E-state index >= 15 is 0 Å². The van der Waals surface area contributed by atoms with Crippen molar-refractivity contribution in [3.8, 4) is 11.8 Å². The Balaban J connectivity index is 3.24. The molecule has 0 unspecified atom stereocenters. The van der Waals surface area contributed by atoms with E-state index in [0.717, 1.165) is 18.7 Å². The molecular formula is C18H34N2O3S2. The van der Waals surface area contributed by atoms with Crippen LogP contribution in [0, 0.1) is 17.8 Å². The van der Waals surface area contributed by atoms with Crippen LogP contribution >= 0.6 is 21.6 Å². The van der Waals surface area contributed by atoms with Crippen LogP contribution in [0.4, 0.5) is 0 Å². The van der Waals surface area contributed by atoms with Gasteiger partial charge in [-0.05, 0) is 6.42 Å². The number of carbonyl (C=O) groups is 1. The Morgan fingerprint density at radius 2 is 1.88 bits per heavy atom. The van der Waals surface area contributed by atoms with Gasteiger partial charge in [0.1, 0.15) is 12.5 Å². The standard InChI is InChI=1S/C18H34N2O3S2/c1-16(2)7-5-11-22-13-9-20-18(21)8-6-12-23-15-25-24-14-10-19-17(3)4/h16-17,19H,6,8-15H2,1-4H3,(H,20,21). The quantitative estimate of drug-likeness (QED) is 0.194. The highest BCUT2D eigenvalue weighted by molar-refractivity contribution is 8.76. The zero-order valence-electron chi connectivity index (χ0n) is 16.1. The predicted molar refractivity (Wildman–Crippen MR) is 110 cm³/mol. The molecule has 0 radical (unpaired) electrons. The number of ether oxygens (including phenoxy) is 2. The van der Waals surface area contributed by atoms with Gasteiger partial charge in [-0.3, -0.25) is 4.79 Å². The fourth-order valence-corrected chi connectivity index (χ4v) is 3.21. The molecule has 0 spiro atoms. The fourth-order valence-electron chi connectivity index (χ4n) is 1.63. The third-order valence-electron chi connectivity index (χ3n) is 2.78. The maximum atomic E-state index is 11.6. The SMILES string of the molecule is CC(C)C#CCOCCNC(=O)CCCOCSSCCNC(C)C. The van der Waals surface area contributed by atoms with E-state index in [2.05, 4.69) is 36.3 Å². The molecule has 0 atom stereocenters. The van der Waals surface area contributed by atoms with Gasteiger partial charge in [-0.2, -0.15) is 0 Å². The molecule has 0 aromatic carbocycles. The second-order valence-electron chi connectivity index (χ2n) is 6.06. The third-order valence-corrected chi connectivity index (χ3v) is 4.87. The van der Waals surface area contributed by atoms with Crippen molar-refractivity contribution in [2.45, 2.75) is 46.6 Å². The molecule has 146 valence electrons. The van der Waals surface area contributed by atoms with E-state index in [9.17, 15) is 4.79 Å². The van der Waals surface area contributed by atoms with Crippen LogP contribution in [-0.2, 0) is 14.3 Å². The molecule has 0 fully saturated rings. The molecule has 0 bridgehead atoms. The Morgan fingerprint density at radius 1 is 1.08 bits per heavy atom. The molecule has 0 rings (SSSR count). The molecule has 0 aliphatic carbocycles.